The first kappa shape index (κ1) is 22.4. The van der Waals surface area contributed by atoms with E-state index in [-0.39, 0.29) is 23.1 Å². The van der Waals surface area contributed by atoms with E-state index in [1.54, 1.807) is 59.2 Å². The molecule has 1 N–H and O–H groups in total. The number of benzene rings is 3. The molecule has 4 aromatic rings. The fraction of sp³-hybridized carbons (Fsp3) is 0.125. The van der Waals surface area contributed by atoms with Crippen molar-refractivity contribution in [3.05, 3.63) is 94.1 Å². The van der Waals surface area contributed by atoms with Gasteiger partial charge in [-0.25, -0.2) is 8.42 Å². The van der Waals surface area contributed by atoms with E-state index >= 15 is 0 Å². The smallest absolute Gasteiger partial charge is 0.244 e. The van der Waals surface area contributed by atoms with Gasteiger partial charge >= 0.3 is 0 Å². The summed E-state index contributed by atoms with van der Waals surface area (Å²) in [5.74, 6) is -0.468. The van der Waals surface area contributed by atoms with Crippen LogP contribution in [0.1, 0.15) is 11.1 Å². The van der Waals surface area contributed by atoms with Crippen molar-refractivity contribution in [2.75, 3.05) is 5.32 Å². The van der Waals surface area contributed by atoms with E-state index in [4.69, 9.17) is 23.2 Å². The number of carbonyl (C=O) groups is 1. The molecule has 0 saturated carbocycles. The summed E-state index contributed by atoms with van der Waals surface area (Å²) in [6.45, 7) is 1.83. The highest BCUT2D eigenvalue weighted by Crippen LogP contribution is 2.29. The molecule has 164 valence electrons. The van der Waals surface area contributed by atoms with Gasteiger partial charge in [-0.15, -0.1) is 0 Å². The molecule has 0 unspecified atom stereocenters. The fourth-order valence-corrected chi connectivity index (χ4v) is 5.54. The van der Waals surface area contributed by atoms with Crippen LogP contribution in [0, 0.1) is 6.92 Å². The Balaban J connectivity index is 1.65. The zero-order chi connectivity index (χ0) is 22.9. The van der Waals surface area contributed by atoms with E-state index in [0.717, 1.165) is 5.56 Å². The molecule has 3 aromatic carbocycles. The molecule has 0 aliphatic carbocycles. The zero-order valence-corrected chi connectivity index (χ0v) is 19.5. The van der Waals surface area contributed by atoms with Crippen molar-refractivity contribution in [1.82, 2.24) is 4.57 Å². The third-order valence-corrected chi connectivity index (χ3v) is 7.30. The Morgan fingerprint density at radius 2 is 1.72 bits per heavy atom. The number of nitrogens with one attached hydrogen (secondary N) is 1. The molecule has 0 aliphatic heterocycles. The van der Waals surface area contributed by atoms with Gasteiger partial charge in [0.2, 0.25) is 5.91 Å². The van der Waals surface area contributed by atoms with Crippen LogP contribution in [0.5, 0.6) is 0 Å². The van der Waals surface area contributed by atoms with Crippen molar-refractivity contribution in [3.63, 3.8) is 0 Å². The monoisotopic (exact) mass is 486 g/mol. The summed E-state index contributed by atoms with van der Waals surface area (Å²) in [7, 11) is -3.67. The third kappa shape index (κ3) is 4.83. The number of amides is 1. The second-order valence-corrected chi connectivity index (χ2v) is 10.4. The van der Waals surface area contributed by atoms with Gasteiger partial charge in [-0.3, -0.25) is 4.79 Å². The summed E-state index contributed by atoms with van der Waals surface area (Å²) in [4.78, 5) is 12.9. The van der Waals surface area contributed by atoms with E-state index < -0.39 is 9.84 Å². The normalized spacial score (nSPS) is 11.6. The Morgan fingerprint density at radius 3 is 2.50 bits per heavy atom. The molecule has 5 nitrogen and oxygen atoms in total. The lowest BCUT2D eigenvalue weighted by Crippen LogP contribution is -2.18. The number of sulfone groups is 1. The van der Waals surface area contributed by atoms with Crippen LogP contribution in [0.25, 0.3) is 10.9 Å². The summed E-state index contributed by atoms with van der Waals surface area (Å²) < 4.78 is 28.1. The largest absolute Gasteiger partial charge is 0.337 e. The van der Waals surface area contributed by atoms with Gasteiger partial charge < -0.3 is 9.88 Å². The summed E-state index contributed by atoms with van der Waals surface area (Å²) >= 11 is 12.0. The van der Waals surface area contributed by atoms with E-state index in [0.29, 0.717) is 32.2 Å². The predicted molar refractivity (Wildman–Crippen MR) is 129 cm³/mol. The molecule has 0 fully saturated rings. The van der Waals surface area contributed by atoms with Crippen LogP contribution in [0.15, 0.2) is 77.8 Å². The number of anilines is 1. The van der Waals surface area contributed by atoms with Crippen molar-refractivity contribution >= 4 is 55.5 Å². The van der Waals surface area contributed by atoms with Crippen molar-refractivity contribution in [2.24, 2.45) is 0 Å². The maximum Gasteiger partial charge on any atom is 0.244 e. The van der Waals surface area contributed by atoms with Gasteiger partial charge in [0.25, 0.3) is 0 Å². The molecule has 32 heavy (non-hydrogen) atoms. The Kier molecular flexibility index (Phi) is 6.29. The number of halogens is 2. The standard InChI is InChI=1S/C24H20Cl2N2O3S/c1-16-9-10-19(26)12-21(16)27-24(29)14-28-13-23(20-7-2-3-8-22(20)28)32(30,31)15-17-5-4-6-18(25)11-17/h2-13H,14-15H2,1H3,(H,27,29). The zero-order valence-electron chi connectivity index (χ0n) is 17.2. The van der Waals surface area contributed by atoms with Gasteiger partial charge in [0.05, 0.1) is 10.6 Å². The molecule has 4 rings (SSSR count). The number of para-hydroxylation sites is 1. The topological polar surface area (TPSA) is 68.2 Å². The van der Waals surface area contributed by atoms with Crippen LogP contribution in [0.3, 0.4) is 0 Å². The molecule has 1 aromatic heterocycles. The highest BCUT2D eigenvalue weighted by Gasteiger charge is 2.22. The number of aromatic nitrogens is 1. The number of fused-ring (bicyclic) bond motifs is 1. The minimum atomic E-state index is -3.67. The minimum absolute atomic E-state index is 0.0425. The first-order valence-corrected chi connectivity index (χ1v) is 12.2. The Hall–Kier alpha value is -2.80. The van der Waals surface area contributed by atoms with Crippen LogP contribution in [0.4, 0.5) is 5.69 Å². The SMILES string of the molecule is Cc1ccc(Cl)cc1NC(=O)Cn1cc(S(=O)(=O)Cc2cccc(Cl)c2)c2ccccc21. The number of hydrogen-bond donors (Lipinski definition) is 1. The van der Waals surface area contributed by atoms with Crippen LogP contribution in [-0.4, -0.2) is 18.9 Å². The number of carbonyl (C=O) groups excluding carboxylic acids is 1. The molecular weight excluding hydrogens is 467 g/mol. The van der Waals surface area contributed by atoms with Gasteiger partial charge in [0, 0.05) is 32.8 Å². The lowest BCUT2D eigenvalue weighted by molar-refractivity contribution is -0.116. The first-order chi connectivity index (χ1) is 15.2. The maximum absolute atomic E-state index is 13.2. The molecule has 1 amide bonds. The molecule has 8 heteroatoms. The van der Waals surface area contributed by atoms with E-state index in [9.17, 15) is 13.2 Å². The molecule has 0 saturated heterocycles. The maximum atomic E-state index is 13.2. The van der Waals surface area contributed by atoms with Crippen molar-refractivity contribution in [1.29, 1.82) is 0 Å². The number of rotatable bonds is 6. The van der Waals surface area contributed by atoms with Gasteiger partial charge in [0.1, 0.15) is 6.54 Å². The lowest BCUT2D eigenvalue weighted by Gasteiger charge is -2.10. The average Bonchev–Trinajstić information content (AvgIpc) is 3.10. The first-order valence-electron chi connectivity index (χ1n) is 9.84. The highest BCUT2D eigenvalue weighted by molar-refractivity contribution is 7.90. The molecular formula is C24H20Cl2N2O3S. The number of hydrogen-bond acceptors (Lipinski definition) is 3. The Morgan fingerprint density at radius 1 is 0.969 bits per heavy atom. The fourth-order valence-electron chi connectivity index (χ4n) is 3.59. The molecule has 1 heterocycles. The van der Waals surface area contributed by atoms with Crippen molar-refractivity contribution < 1.29 is 13.2 Å². The number of aryl methyl sites for hydroxylation is 1. The Bertz CT molecular complexity index is 1430. The Labute approximate surface area is 196 Å². The second-order valence-electron chi connectivity index (χ2n) is 7.53. The summed E-state index contributed by atoms with van der Waals surface area (Å²) in [6.07, 6.45) is 1.52. The predicted octanol–water partition coefficient (Wildman–Crippen LogP) is 5.87. The van der Waals surface area contributed by atoms with Crippen molar-refractivity contribution in [3.8, 4) is 0 Å². The van der Waals surface area contributed by atoms with Crippen LogP contribution >= 0.6 is 23.2 Å². The minimum Gasteiger partial charge on any atom is -0.337 e. The number of nitrogens with zero attached hydrogens (tertiary/aromatic N) is 1. The van der Waals surface area contributed by atoms with Gasteiger partial charge in [-0.1, -0.05) is 59.6 Å². The van der Waals surface area contributed by atoms with E-state index in [1.165, 1.54) is 6.20 Å². The average molecular weight is 487 g/mol. The quantitative estimate of drug-likeness (QED) is 0.370. The summed E-state index contributed by atoms with van der Waals surface area (Å²) in [5, 5.41) is 4.42. The van der Waals surface area contributed by atoms with Crippen LogP contribution < -0.4 is 5.32 Å². The molecule has 0 bridgehead atoms. The molecule has 0 radical (unpaired) electrons. The van der Waals surface area contributed by atoms with Crippen LogP contribution in [-0.2, 0) is 26.9 Å². The van der Waals surface area contributed by atoms with E-state index in [1.807, 2.05) is 19.1 Å². The van der Waals surface area contributed by atoms with Gasteiger partial charge in [0.15, 0.2) is 9.84 Å². The molecule has 0 aliphatic rings. The van der Waals surface area contributed by atoms with Crippen molar-refractivity contribution in [2.45, 2.75) is 24.1 Å². The highest BCUT2D eigenvalue weighted by atomic mass is 35.5. The summed E-state index contributed by atoms with van der Waals surface area (Å²) in [5.41, 5.74) is 2.76. The molecule has 0 atom stereocenters. The summed E-state index contributed by atoms with van der Waals surface area (Å²) in [6, 6.07) is 19.2. The van der Waals surface area contributed by atoms with Gasteiger partial charge in [-0.2, -0.15) is 0 Å². The van der Waals surface area contributed by atoms with Gasteiger partial charge in [-0.05, 0) is 48.4 Å². The molecule has 0 spiro atoms. The third-order valence-electron chi connectivity index (χ3n) is 5.12. The van der Waals surface area contributed by atoms with Crippen LogP contribution in [0.2, 0.25) is 10.0 Å². The lowest BCUT2D eigenvalue weighted by atomic mass is 10.2. The van der Waals surface area contributed by atoms with E-state index in [2.05, 4.69) is 5.32 Å². The second kappa shape index (κ2) is 8.98.